The molecule has 1 aliphatic rings. The van der Waals surface area contributed by atoms with Crippen molar-refractivity contribution in [3.63, 3.8) is 0 Å². The van der Waals surface area contributed by atoms with Gasteiger partial charge in [0.1, 0.15) is 18.3 Å². The van der Waals surface area contributed by atoms with Crippen molar-refractivity contribution in [3.05, 3.63) is 23.8 Å². The third-order valence-electron chi connectivity index (χ3n) is 4.35. The van der Waals surface area contributed by atoms with Gasteiger partial charge in [-0.3, -0.25) is 4.79 Å². The highest BCUT2D eigenvalue weighted by atomic mass is 16.6. The number of aliphatic hydroxyl groups excluding tert-OH is 4. The number of benzene rings is 1. The van der Waals surface area contributed by atoms with E-state index in [0.717, 1.165) is 6.08 Å². The molecule has 1 fully saturated rings. The van der Waals surface area contributed by atoms with Crippen LogP contribution in [-0.4, -0.2) is 87.5 Å². The molecule has 6 N–H and O–H groups in total. The van der Waals surface area contributed by atoms with Crippen LogP contribution >= 0.6 is 0 Å². The summed E-state index contributed by atoms with van der Waals surface area (Å²) < 4.78 is 14.8. The first-order valence-electron chi connectivity index (χ1n) is 7.91. The van der Waals surface area contributed by atoms with Gasteiger partial charge in [0.2, 0.25) is 5.75 Å². The number of ketones is 1. The van der Waals surface area contributed by atoms with E-state index in [9.17, 15) is 35.4 Å². The van der Waals surface area contributed by atoms with Crippen LogP contribution in [0.4, 0.5) is 0 Å². The molecule has 0 saturated carbocycles. The normalized spacial score (nSPS) is 31.1. The van der Waals surface area contributed by atoms with Crippen LogP contribution in [0.15, 0.2) is 18.2 Å². The van der Waals surface area contributed by atoms with Gasteiger partial charge >= 0.3 is 0 Å². The second kappa shape index (κ2) is 8.21. The Morgan fingerprint density at radius 1 is 1.22 bits per heavy atom. The van der Waals surface area contributed by atoms with Crippen LogP contribution in [0.2, 0.25) is 0 Å². The van der Waals surface area contributed by atoms with Crippen LogP contribution in [-0.2, 0) is 9.53 Å². The summed E-state index contributed by atoms with van der Waals surface area (Å²) in [5.41, 5.74) is -2.33. The number of rotatable bonds is 6. The zero-order chi connectivity index (χ0) is 20.4. The molecule has 0 bridgehead atoms. The molecule has 5 atom stereocenters. The maximum atomic E-state index is 12.5. The number of ether oxygens (including phenoxy) is 3. The zero-order valence-electron chi connectivity index (χ0n) is 14.6. The largest absolute Gasteiger partial charge is 0.502 e. The molecule has 1 unspecified atom stereocenters. The number of hydrogen-bond donors (Lipinski definition) is 6. The van der Waals surface area contributed by atoms with Gasteiger partial charge < -0.3 is 44.8 Å². The first kappa shape index (κ1) is 21.1. The van der Waals surface area contributed by atoms with Crippen LogP contribution in [0.1, 0.15) is 5.56 Å². The predicted molar refractivity (Wildman–Crippen MR) is 90.2 cm³/mol. The third kappa shape index (κ3) is 3.76. The van der Waals surface area contributed by atoms with Gasteiger partial charge in [-0.1, -0.05) is 6.08 Å². The molecule has 2 rings (SSSR count). The number of phenolic OH excluding ortho intramolecular Hbond substituents is 1. The van der Waals surface area contributed by atoms with Gasteiger partial charge in [-0.2, -0.15) is 0 Å². The van der Waals surface area contributed by atoms with Crippen molar-refractivity contribution in [3.8, 4) is 17.2 Å². The molecule has 1 aliphatic heterocycles. The van der Waals surface area contributed by atoms with Gasteiger partial charge in [-0.25, -0.2) is 0 Å². The first-order chi connectivity index (χ1) is 12.7. The molecule has 0 amide bonds. The number of carbonyl (C=O) groups excluding carboxylic acids is 1. The summed E-state index contributed by atoms with van der Waals surface area (Å²) in [5.74, 6) is -1.16. The van der Waals surface area contributed by atoms with Crippen LogP contribution in [0, 0.1) is 0 Å². The van der Waals surface area contributed by atoms with Crippen molar-refractivity contribution in [2.24, 2.45) is 0 Å². The number of phenols is 1. The summed E-state index contributed by atoms with van der Waals surface area (Å²) in [6, 6.07) is 2.78. The van der Waals surface area contributed by atoms with Gasteiger partial charge in [0.25, 0.3) is 0 Å². The summed E-state index contributed by atoms with van der Waals surface area (Å²) in [4.78, 5) is 12.5. The van der Waals surface area contributed by atoms with E-state index < -0.39 is 42.6 Å². The Hall–Kier alpha value is -2.21. The van der Waals surface area contributed by atoms with E-state index in [1.165, 1.54) is 32.4 Å². The highest BCUT2D eigenvalue weighted by Crippen LogP contribution is 2.37. The monoisotopic (exact) mass is 386 g/mol. The molecule has 1 saturated heterocycles. The SMILES string of the molecule is COc1cc(C=CC(=O)[C@]2(O)[C@H](O)[C@@H](O)C(O)O[C@@H]2CO)cc(OC)c1O. The molecule has 0 spiro atoms. The molecule has 1 aromatic carbocycles. The third-order valence-corrected chi connectivity index (χ3v) is 4.35. The summed E-state index contributed by atoms with van der Waals surface area (Å²) in [7, 11) is 2.65. The lowest BCUT2D eigenvalue weighted by Gasteiger charge is -2.44. The van der Waals surface area contributed by atoms with Crippen LogP contribution in [0.5, 0.6) is 17.2 Å². The Kier molecular flexibility index (Phi) is 6.42. The molecule has 10 nitrogen and oxygen atoms in total. The Morgan fingerprint density at radius 2 is 1.78 bits per heavy atom. The van der Waals surface area contributed by atoms with Crippen molar-refractivity contribution in [2.45, 2.75) is 30.2 Å². The van der Waals surface area contributed by atoms with Crippen LogP contribution < -0.4 is 9.47 Å². The average Bonchev–Trinajstić information content (AvgIpc) is 2.67. The van der Waals surface area contributed by atoms with Gasteiger partial charge in [0, 0.05) is 0 Å². The van der Waals surface area contributed by atoms with E-state index in [1.807, 2.05) is 0 Å². The zero-order valence-corrected chi connectivity index (χ0v) is 14.6. The molecule has 10 heteroatoms. The van der Waals surface area contributed by atoms with E-state index in [1.54, 1.807) is 0 Å². The van der Waals surface area contributed by atoms with E-state index in [4.69, 9.17) is 14.2 Å². The lowest BCUT2D eigenvalue weighted by atomic mass is 9.80. The van der Waals surface area contributed by atoms with Crippen molar-refractivity contribution in [1.82, 2.24) is 0 Å². The number of carbonyl (C=O) groups is 1. The highest BCUT2D eigenvalue weighted by Gasteiger charge is 2.57. The molecular weight excluding hydrogens is 364 g/mol. The molecule has 1 aromatic rings. The summed E-state index contributed by atoms with van der Waals surface area (Å²) in [5, 5.41) is 59.0. The minimum absolute atomic E-state index is 0.0768. The van der Waals surface area contributed by atoms with Gasteiger partial charge in [-0.05, 0) is 23.8 Å². The van der Waals surface area contributed by atoms with Crippen molar-refractivity contribution < 1.29 is 49.6 Å². The smallest absolute Gasteiger partial charge is 0.200 e. The molecule has 1 heterocycles. The Morgan fingerprint density at radius 3 is 2.26 bits per heavy atom. The highest BCUT2D eigenvalue weighted by molar-refractivity contribution is 6.01. The first-order valence-corrected chi connectivity index (χ1v) is 7.91. The molecular formula is C17H22O10. The number of hydrogen-bond acceptors (Lipinski definition) is 10. The van der Waals surface area contributed by atoms with E-state index in [-0.39, 0.29) is 17.2 Å². The molecule has 0 aromatic heterocycles. The lowest BCUT2D eigenvalue weighted by molar-refractivity contribution is -0.309. The van der Waals surface area contributed by atoms with E-state index in [2.05, 4.69) is 0 Å². The minimum Gasteiger partial charge on any atom is -0.502 e. The summed E-state index contributed by atoms with van der Waals surface area (Å²) in [6.07, 6.45) is -5.45. The van der Waals surface area contributed by atoms with E-state index >= 15 is 0 Å². The Balaban J connectivity index is 2.34. The molecule has 27 heavy (non-hydrogen) atoms. The topological polar surface area (TPSA) is 166 Å². The summed E-state index contributed by atoms with van der Waals surface area (Å²) >= 11 is 0. The van der Waals surface area contributed by atoms with Crippen molar-refractivity contribution in [1.29, 1.82) is 0 Å². The van der Waals surface area contributed by atoms with Crippen molar-refractivity contribution >= 4 is 11.9 Å². The van der Waals surface area contributed by atoms with Crippen LogP contribution in [0.25, 0.3) is 6.08 Å². The number of aliphatic hydroxyl groups is 5. The van der Waals surface area contributed by atoms with Gasteiger partial charge in [-0.15, -0.1) is 0 Å². The van der Waals surface area contributed by atoms with E-state index in [0.29, 0.717) is 5.56 Å². The fraction of sp³-hybridized carbons (Fsp3) is 0.471. The summed E-state index contributed by atoms with van der Waals surface area (Å²) in [6.45, 7) is -0.891. The fourth-order valence-corrected chi connectivity index (χ4v) is 2.76. The number of methoxy groups -OCH3 is 2. The molecule has 150 valence electrons. The van der Waals surface area contributed by atoms with Gasteiger partial charge in [0.15, 0.2) is 29.2 Å². The predicted octanol–water partition coefficient (Wildman–Crippen LogP) is -1.85. The Labute approximate surface area is 154 Å². The molecule has 0 aliphatic carbocycles. The fourth-order valence-electron chi connectivity index (χ4n) is 2.76. The second-order valence-corrected chi connectivity index (χ2v) is 5.93. The maximum absolute atomic E-state index is 12.5. The Bertz CT molecular complexity index is 689. The number of aromatic hydroxyl groups is 1. The van der Waals surface area contributed by atoms with Crippen molar-refractivity contribution in [2.75, 3.05) is 20.8 Å². The minimum atomic E-state index is -2.69. The maximum Gasteiger partial charge on any atom is 0.200 e. The van der Waals surface area contributed by atoms with Crippen LogP contribution in [0.3, 0.4) is 0 Å². The van der Waals surface area contributed by atoms with Gasteiger partial charge in [0.05, 0.1) is 20.8 Å². The quantitative estimate of drug-likeness (QED) is 0.306. The molecule has 0 radical (unpaired) electrons. The lowest BCUT2D eigenvalue weighted by Crippen LogP contribution is -2.69. The second-order valence-electron chi connectivity index (χ2n) is 5.93. The standard InChI is InChI=1S/C17H22O10/c1-25-9-5-8(6-10(26-2)13(9)20)3-4-11(19)17(24)12(7-18)27-16(23)14(21)15(17)22/h3-6,12,14-16,18,20-24H,7H2,1-2H3/t12-,14-,15-,16?,17-/m1/s1. The average molecular weight is 386 g/mol.